The van der Waals surface area contributed by atoms with Gasteiger partial charge in [-0.3, -0.25) is 0 Å². The van der Waals surface area contributed by atoms with E-state index in [-0.39, 0.29) is 5.57 Å². The summed E-state index contributed by atoms with van der Waals surface area (Å²) in [7, 11) is 1.48. The Kier molecular flexibility index (Phi) is 2.51. The fraction of sp³-hybridized carbons (Fsp3) is 0.571. The second kappa shape index (κ2) is 3.29. The highest BCUT2D eigenvalue weighted by molar-refractivity contribution is 5.89. The second-order valence-corrected chi connectivity index (χ2v) is 2.92. The number of carbonyl (C=O) groups is 1. The smallest absolute Gasteiger partial charge is 0.335 e. The monoisotopic (exact) mass is 192 g/mol. The fourth-order valence-corrected chi connectivity index (χ4v) is 1.25. The van der Waals surface area contributed by atoms with E-state index in [0.29, 0.717) is 0 Å². The third kappa shape index (κ3) is 1.49. The van der Waals surface area contributed by atoms with E-state index in [1.54, 1.807) is 0 Å². The summed E-state index contributed by atoms with van der Waals surface area (Å²) in [5, 5.41) is 9.90. The van der Waals surface area contributed by atoms with Crippen LogP contribution in [0.25, 0.3) is 0 Å². The molecule has 0 aromatic heterocycles. The zero-order valence-corrected chi connectivity index (χ0v) is 7.05. The molecule has 0 unspecified atom stereocenters. The number of alkyl halides is 2. The standard InChI is InChI=1S/C7H10F2N2O2/c1-11-2-5(6(12)13)7(3-8,4-9)10-11/h2,10H,3-4H2,1H3,(H,12,13). The molecule has 2 N–H and O–H groups in total. The number of carboxylic acids is 1. The maximum atomic E-state index is 12.5. The van der Waals surface area contributed by atoms with Crippen molar-refractivity contribution in [3.05, 3.63) is 11.8 Å². The van der Waals surface area contributed by atoms with Crippen LogP contribution in [-0.4, -0.2) is 42.0 Å². The number of halogens is 2. The molecule has 4 nitrogen and oxygen atoms in total. The molecule has 1 aliphatic rings. The van der Waals surface area contributed by atoms with E-state index in [4.69, 9.17) is 5.11 Å². The number of hydrogen-bond acceptors (Lipinski definition) is 3. The molecule has 1 rings (SSSR count). The highest BCUT2D eigenvalue weighted by Gasteiger charge is 2.43. The van der Waals surface area contributed by atoms with E-state index in [0.717, 1.165) is 0 Å². The first-order valence-corrected chi connectivity index (χ1v) is 3.64. The van der Waals surface area contributed by atoms with Crippen molar-refractivity contribution in [1.29, 1.82) is 0 Å². The minimum Gasteiger partial charge on any atom is -0.478 e. The summed E-state index contributed by atoms with van der Waals surface area (Å²) in [5.74, 6) is -1.31. The largest absolute Gasteiger partial charge is 0.478 e. The van der Waals surface area contributed by atoms with E-state index in [2.05, 4.69) is 5.43 Å². The molecule has 0 bridgehead atoms. The third-order valence-electron chi connectivity index (χ3n) is 1.92. The van der Waals surface area contributed by atoms with Crippen molar-refractivity contribution in [2.45, 2.75) is 5.54 Å². The number of rotatable bonds is 3. The van der Waals surface area contributed by atoms with Crippen LogP contribution in [0, 0.1) is 0 Å². The Bertz CT molecular complexity index is 251. The number of hydrazine groups is 1. The Hall–Kier alpha value is -1.17. The average molecular weight is 192 g/mol. The van der Waals surface area contributed by atoms with Crippen molar-refractivity contribution >= 4 is 5.97 Å². The predicted molar refractivity (Wildman–Crippen MR) is 41.3 cm³/mol. The van der Waals surface area contributed by atoms with Gasteiger partial charge in [-0.15, -0.1) is 0 Å². The van der Waals surface area contributed by atoms with Gasteiger partial charge in [0, 0.05) is 13.2 Å². The maximum absolute atomic E-state index is 12.5. The van der Waals surface area contributed by atoms with Gasteiger partial charge in [-0.25, -0.2) is 19.0 Å². The molecule has 13 heavy (non-hydrogen) atoms. The Morgan fingerprint density at radius 2 is 2.23 bits per heavy atom. The van der Waals surface area contributed by atoms with Crippen LogP contribution in [0.3, 0.4) is 0 Å². The predicted octanol–water partition coefficient (Wildman–Crippen LogP) is 0.0827. The second-order valence-electron chi connectivity index (χ2n) is 2.92. The van der Waals surface area contributed by atoms with Crippen molar-refractivity contribution in [3.63, 3.8) is 0 Å². The number of nitrogens with one attached hydrogen (secondary N) is 1. The molecular formula is C7H10F2N2O2. The van der Waals surface area contributed by atoms with Gasteiger partial charge in [-0.05, 0) is 0 Å². The van der Waals surface area contributed by atoms with Crippen LogP contribution in [-0.2, 0) is 4.79 Å². The molecule has 0 aromatic rings. The Labute approximate surface area is 73.8 Å². The SMILES string of the molecule is CN1C=C(C(=O)O)C(CF)(CF)N1. The third-order valence-corrected chi connectivity index (χ3v) is 1.92. The maximum Gasteiger partial charge on any atom is 0.335 e. The lowest BCUT2D eigenvalue weighted by atomic mass is 9.95. The molecule has 0 fully saturated rings. The van der Waals surface area contributed by atoms with Gasteiger partial charge in [0.15, 0.2) is 0 Å². The molecule has 0 atom stereocenters. The lowest BCUT2D eigenvalue weighted by Gasteiger charge is -2.25. The summed E-state index contributed by atoms with van der Waals surface area (Å²) in [6.45, 7) is -2.18. The number of hydrogen-bond donors (Lipinski definition) is 2. The molecule has 6 heteroatoms. The van der Waals surface area contributed by atoms with Gasteiger partial charge in [0.2, 0.25) is 0 Å². The zero-order valence-electron chi connectivity index (χ0n) is 7.05. The van der Waals surface area contributed by atoms with Gasteiger partial charge in [-0.1, -0.05) is 0 Å². The molecule has 0 amide bonds. The van der Waals surface area contributed by atoms with E-state index in [1.807, 2.05) is 0 Å². The van der Waals surface area contributed by atoms with Crippen LogP contribution in [0.4, 0.5) is 8.78 Å². The van der Waals surface area contributed by atoms with Crippen LogP contribution in [0.1, 0.15) is 0 Å². The highest BCUT2D eigenvalue weighted by atomic mass is 19.1. The summed E-state index contributed by atoms with van der Waals surface area (Å²) in [6.07, 6.45) is 1.17. The minimum atomic E-state index is -1.71. The Morgan fingerprint density at radius 3 is 2.54 bits per heavy atom. The number of carboxylic acid groups (broad SMARTS) is 1. The van der Waals surface area contributed by atoms with Crippen molar-refractivity contribution in [3.8, 4) is 0 Å². The summed E-state index contributed by atoms with van der Waals surface area (Å²) in [6, 6.07) is 0. The summed E-state index contributed by atoms with van der Waals surface area (Å²) in [4.78, 5) is 10.6. The van der Waals surface area contributed by atoms with Crippen LogP contribution in [0.5, 0.6) is 0 Å². The molecule has 1 aliphatic heterocycles. The van der Waals surface area contributed by atoms with Gasteiger partial charge in [0.25, 0.3) is 0 Å². The van der Waals surface area contributed by atoms with E-state index in [9.17, 15) is 13.6 Å². The average Bonchev–Trinajstić information content (AvgIpc) is 2.43. The molecule has 0 spiro atoms. The van der Waals surface area contributed by atoms with E-state index < -0.39 is 24.9 Å². The van der Waals surface area contributed by atoms with Gasteiger partial charge in [0.1, 0.15) is 18.9 Å². The summed E-state index contributed by atoms with van der Waals surface area (Å²) in [5.41, 5.74) is 0.409. The van der Waals surface area contributed by atoms with Gasteiger partial charge >= 0.3 is 5.97 Å². The Balaban J connectivity index is 3.00. The van der Waals surface area contributed by atoms with Gasteiger partial charge in [-0.2, -0.15) is 0 Å². The van der Waals surface area contributed by atoms with Crippen molar-refractivity contribution in [2.75, 3.05) is 20.4 Å². The molecule has 0 aliphatic carbocycles. The van der Waals surface area contributed by atoms with Crippen molar-refractivity contribution in [2.24, 2.45) is 0 Å². The normalized spacial score (nSPS) is 20.2. The van der Waals surface area contributed by atoms with Gasteiger partial charge < -0.3 is 10.1 Å². The zero-order chi connectivity index (χ0) is 10.1. The van der Waals surface area contributed by atoms with E-state index in [1.165, 1.54) is 18.3 Å². The van der Waals surface area contributed by atoms with E-state index >= 15 is 0 Å². The first kappa shape index (κ1) is 9.91. The van der Waals surface area contributed by atoms with Crippen LogP contribution in [0.15, 0.2) is 11.8 Å². The topological polar surface area (TPSA) is 52.6 Å². The van der Waals surface area contributed by atoms with Crippen molar-refractivity contribution < 1.29 is 18.7 Å². The van der Waals surface area contributed by atoms with Crippen LogP contribution in [0.2, 0.25) is 0 Å². The quantitative estimate of drug-likeness (QED) is 0.665. The number of aliphatic carboxylic acids is 1. The summed E-state index contributed by atoms with van der Waals surface area (Å²) >= 11 is 0. The van der Waals surface area contributed by atoms with Crippen molar-refractivity contribution in [1.82, 2.24) is 10.4 Å². The molecule has 0 saturated heterocycles. The highest BCUT2D eigenvalue weighted by Crippen LogP contribution is 2.24. The fourth-order valence-electron chi connectivity index (χ4n) is 1.25. The molecule has 0 aromatic carbocycles. The number of nitrogens with zero attached hydrogens (tertiary/aromatic N) is 1. The van der Waals surface area contributed by atoms with Crippen LogP contribution >= 0.6 is 0 Å². The minimum absolute atomic E-state index is 0.292. The lowest BCUT2D eigenvalue weighted by Crippen LogP contribution is -2.52. The van der Waals surface area contributed by atoms with Crippen LogP contribution < -0.4 is 5.43 Å². The summed E-state index contributed by atoms with van der Waals surface area (Å²) < 4.78 is 25.0. The first-order chi connectivity index (χ1) is 6.05. The molecule has 0 radical (unpaired) electrons. The molecule has 1 heterocycles. The molecular weight excluding hydrogens is 182 g/mol. The van der Waals surface area contributed by atoms with Gasteiger partial charge in [0.05, 0.1) is 5.57 Å². The first-order valence-electron chi connectivity index (χ1n) is 3.64. The molecule has 74 valence electrons. The molecule has 0 saturated carbocycles. The lowest BCUT2D eigenvalue weighted by molar-refractivity contribution is -0.133. The Morgan fingerprint density at radius 1 is 1.69 bits per heavy atom.